The van der Waals surface area contributed by atoms with Crippen molar-refractivity contribution in [1.82, 2.24) is 24.8 Å². The summed E-state index contributed by atoms with van der Waals surface area (Å²) >= 11 is 1.04. The van der Waals surface area contributed by atoms with E-state index in [4.69, 9.17) is 0 Å². The highest BCUT2D eigenvalue weighted by molar-refractivity contribution is 7.21. The molecule has 1 aliphatic rings. The SMILES string of the molecule is Cn1c(C(F)(F)c2ccccn2)nc2sc(N3CCC[C@@H]3C(=O)NCc3ccccc3)nc2c1=O. The number of anilines is 1. The molecule has 1 amide bonds. The van der Waals surface area contributed by atoms with E-state index < -0.39 is 29.0 Å². The van der Waals surface area contributed by atoms with Crippen molar-refractivity contribution in [3.05, 3.63) is 82.2 Å². The van der Waals surface area contributed by atoms with Gasteiger partial charge in [0.15, 0.2) is 21.3 Å². The number of carbonyl (C=O) groups excluding carboxylic acids is 1. The maximum Gasteiger partial charge on any atom is 0.346 e. The van der Waals surface area contributed by atoms with E-state index in [1.165, 1.54) is 31.4 Å². The summed E-state index contributed by atoms with van der Waals surface area (Å²) in [5, 5.41) is 3.37. The minimum absolute atomic E-state index is 0.00316. The van der Waals surface area contributed by atoms with Crippen LogP contribution >= 0.6 is 11.3 Å². The van der Waals surface area contributed by atoms with Gasteiger partial charge in [-0.15, -0.1) is 0 Å². The van der Waals surface area contributed by atoms with E-state index >= 15 is 8.78 Å². The fourth-order valence-electron chi connectivity index (χ4n) is 4.18. The van der Waals surface area contributed by atoms with Crippen molar-refractivity contribution >= 4 is 32.7 Å². The average molecular weight is 497 g/mol. The number of benzene rings is 1. The zero-order chi connectivity index (χ0) is 24.6. The monoisotopic (exact) mass is 496 g/mol. The Labute approximate surface area is 203 Å². The van der Waals surface area contributed by atoms with Crippen LogP contribution in [0.25, 0.3) is 10.3 Å². The van der Waals surface area contributed by atoms with Gasteiger partial charge in [0, 0.05) is 26.3 Å². The minimum Gasteiger partial charge on any atom is -0.350 e. The summed E-state index contributed by atoms with van der Waals surface area (Å²) in [6, 6.07) is 13.3. The van der Waals surface area contributed by atoms with Crippen LogP contribution in [0.3, 0.4) is 0 Å². The lowest BCUT2D eigenvalue weighted by Crippen LogP contribution is -2.43. The first-order valence-electron chi connectivity index (χ1n) is 11.1. The lowest BCUT2D eigenvalue weighted by atomic mass is 10.2. The predicted molar refractivity (Wildman–Crippen MR) is 129 cm³/mol. The largest absolute Gasteiger partial charge is 0.350 e. The van der Waals surface area contributed by atoms with Gasteiger partial charge in [0.05, 0.1) is 0 Å². The Hall–Kier alpha value is -3.73. The van der Waals surface area contributed by atoms with E-state index in [-0.39, 0.29) is 16.3 Å². The third kappa shape index (κ3) is 4.27. The van der Waals surface area contributed by atoms with Gasteiger partial charge in [0.2, 0.25) is 5.91 Å². The first kappa shape index (κ1) is 23.0. The molecule has 0 unspecified atom stereocenters. The summed E-state index contributed by atoms with van der Waals surface area (Å²) in [4.78, 5) is 40.1. The van der Waals surface area contributed by atoms with Crippen LogP contribution in [0.15, 0.2) is 59.5 Å². The molecule has 35 heavy (non-hydrogen) atoms. The highest BCUT2D eigenvalue weighted by Crippen LogP contribution is 2.36. The van der Waals surface area contributed by atoms with Crippen LogP contribution in [0.1, 0.15) is 29.9 Å². The zero-order valence-electron chi connectivity index (χ0n) is 18.8. The Morgan fingerprint density at radius 2 is 1.94 bits per heavy atom. The number of pyridine rings is 1. The van der Waals surface area contributed by atoms with Gasteiger partial charge in [-0.25, -0.2) is 9.97 Å². The van der Waals surface area contributed by atoms with E-state index in [1.54, 1.807) is 0 Å². The van der Waals surface area contributed by atoms with Gasteiger partial charge in [-0.05, 0) is 30.5 Å². The highest BCUT2D eigenvalue weighted by atomic mass is 32.1. The maximum absolute atomic E-state index is 15.2. The van der Waals surface area contributed by atoms with Gasteiger partial charge < -0.3 is 10.2 Å². The molecule has 0 bridgehead atoms. The van der Waals surface area contributed by atoms with Gasteiger partial charge in [-0.3, -0.25) is 19.1 Å². The number of hydrogen-bond donors (Lipinski definition) is 1. The third-order valence-electron chi connectivity index (χ3n) is 6.01. The summed E-state index contributed by atoms with van der Waals surface area (Å²) < 4.78 is 31.2. The number of alkyl halides is 2. The van der Waals surface area contributed by atoms with Crippen LogP contribution in [0.4, 0.5) is 13.9 Å². The predicted octanol–water partition coefficient (Wildman–Crippen LogP) is 3.21. The number of fused-ring (bicyclic) bond motifs is 1. The second kappa shape index (κ2) is 9.14. The molecule has 4 heterocycles. The number of amides is 1. The molecule has 0 saturated carbocycles. The van der Waals surface area contributed by atoms with Gasteiger partial charge in [-0.1, -0.05) is 47.7 Å². The first-order valence-corrected chi connectivity index (χ1v) is 11.9. The van der Waals surface area contributed by atoms with Gasteiger partial charge >= 0.3 is 5.92 Å². The van der Waals surface area contributed by atoms with E-state index in [1.807, 2.05) is 35.2 Å². The fraction of sp³-hybridized carbons (Fsp3) is 0.292. The molecule has 1 atom stereocenters. The smallest absolute Gasteiger partial charge is 0.346 e. The Kier molecular flexibility index (Phi) is 6.01. The van der Waals surface area contributed by atoms with Crippen molar-refractivity contribution in [2.75, 3.05) is 11.4 Å². The molecule has 0 spiro atoms. The number of nitrogens with zero attached hydrogens (tertiary/aromatic N) is 5. The van der Waals surface area contributed by atoms with Crippen molar-refractivity contribution in [1.29, 1.82) is 0 Å². The molecule has 180 valence electrons. The summed E-state index contributed by atoms with van der Waals surface area (Å²) in [7, 11) is 1.25. The molecule has 1 aromatic carbocycles. The topological polar surface area (TPSA) is 93.0 Å². The number of carbonyl (C=O) groups is 1. The molecule has 8 nitrogen and oxygen atoms in total. The zero-order valence-corrected chi connectivity index (χ0v) is 19.6. The first-order chi connectivity index (χ1) is 16.9. The minimum atomic E-state index is -3.57. The van der Waals surface area contributed by atoms with Crippen LogP contribution < -0.4 is 15.8 Å². The van der Waals surface area contributed by atoms with Crippen molar-refractivity contribution in [3.63, 3.8) is 0 Å². The summed E-state index contributed by atoms with van der Waals surface area (Å²) in [5.41, 5.74) is -0.184. The molecule has 0 aliphatic carbocycles. The van der Waals surface area contributed by atoms with Gasteiger partial charge in [-0.2, -0.15) is 8.78 Å². The Morgan fingerprint density at radius 3 is 2.69 bits per heavy atom. The number of nitrogens with one attached hydrogen (secondary N) is 1. The van der Waals surface area contributed by atoms with E-state index in [0.717, 1.165) is 27.9 Å². The van der Waals surface area contributed by atoms with Crippen molar-refractivity contribution < 1.29 is 13.6 Å². The fourth-order valence-corrected chi connectivity index (χ4v) is 5.19. The molecule has 1 saturated heterocycles. The second-order valence-electron chi connectivity index (χ2n) is 8.29. The van der Waals surface area contributed by atoms with E-state index in [2.05, 4.69) is 20.3 Å². The summed E-state index contributed by atoms with van der Waals surface area (Å²) in [5.74, 6) is -4.42. The van der Waals surface area contributed by atoms with Crippen molar-refractivity contribution in [2.45, 2.75) is 31.4 Å². The summed E-state index contributed by atoms with van der Waals surface area (Å²) in [6.45, 7) is 0.971. The molecule has 1 fully saturated rings. The highest BCUT2D eigenvalue weighted by Gasteiger charge is 2.41. The third-order valence-corrected chi connectivity index (χ3v) is 6.99. The molecule has 4 aromatic rings. The van der Waals surface area contributed by atoms with Gasteiger partial charge in [0.1, 0.15) is 11.7 Å². The van der Waals surface area contributed by atoms with Crippen molar-refractivity contribution in [2.24, 2.45) is 7.05 Å². The molecule has 0 radical (unpaired) electrons. The van der Waals surface area contributed by atoms with Gasteiger partial charge in [0.25, 0.3) is 5.56 Å². The molecule has 1 aliphatic heterocycles. The lowest BCUT2D eigenvalue weighted by molar-refractivity contribution is -0.122. The number of halogens is 2. The molecular weight excluding hydrogens is 474 g/mol. The average Bonchev–Trinajstić information content (AvgIpc) is 3.53. The van der Waals surface area contributed by atoms with Crippen LogP contribution in [0, 0.1) is 0 Å². The standard InChI is InChI=1S/C24H22F2N6O2S/c1-31-21(34)18-20(30-22(31)24(25,26)17-11-5-6-12-27-17)35-23(29-18)32-13-7-10-16(32)19(33)28-14-15-8-3-2-4-9-15/h2-6,8-9,11-12,16H,7,10,13-14H2,1H3,(H,28,33)/t16-/m1/s1. The second-order valence-corrected chi connectivity index (χ2v) is 9.25. The van der Waals surface area contributed by atoms with E-state index in [9.17, 15) is 9.59 Å². The maximum atomic E-state index is 15.2. The molecule has 5 rings (SSSR count). The molecule has 1 N–H and O–H groups in total. The van der Waals surface area contributed by atoms with Crippen LogP contribution in [-0.4, -0.2) is 38.0 Å². The van der Waals surface area contributed by atoms with Crippen molar-refractivity contribution in [3.8, 4) is 0 Å². The molecular formula is C24H22F2N6O2S. The quantitative estimate of drug-likeness (QED) is 0.441. The molecule has 3 aromatic heterocycles. The van der Waals surface area contributed by atoms with Crippen LogP contribution in [0.2, 0.25) is 0 Å². The Bertz CT molecular complexity index is 1420. The molecule has 11 heteroatoms. The number of thiazole rings is 1. The van der Waals surface area contributed by atoms with E-state index in [0.29, 0.717) is 24.6 Å². The number of hydrogen-bond acceptors (Lipinski definition) is 7. The normalized spacial score (nSPS) is 16.1. The Morgan fingerprint density at radius 1 is 1.17 bits per heavy atom. The Balaban J connectivity index is 1.44. The van der Waals surface area contributed by atoms with Crippen LogP contribution in [0.5, 0.6) is 0 Å². The number of aromatic nitrogens is 4. The number of rotatable bonds is 6. The summed E-state index contributed by atoms with van der Waals surface area (Å²) in [6.07, 6.45) is 2.67. The lowest BCUT2D eigenvalue weighted by Gasteiger charge is -2.23. The van der Waals surface area contributed by atoms with Crippen LogP contribution in [-0.2, 0) is 24.3 Å².